The zero-order valence-corrected chi connectivity index (χ0v) is 27.0. The van der Waals surface area contributed by atoms with Gasteiger partial charge < -0.3 is 20.9 Å². The fourth-order valence-electron chi connectivity index (χ4n) is 5.77. The van der Waals surface area contributed by atoms with Crippen LogP contribution in [0, 0.1) is 11.3 Å². The Morgan fingerprint density at radius 1 is 1.07 bits per heavy atom. The van der Waals surface area contributed by atoms with Crippen molar-refractivity contribution < 1.29 is 22.8 Å². The predicted molar refractivity (Wildman–Crippen MR) is 169 cm³/mol. The van der Waals surface area contributed by atoms with E-state index in [0.717, 1.165) is 50.3 Å². The number of unbranched alkanes of at least 4 members (excludes halogenated alkanes) is 2. The van der Waals surface area contributed by atoms with Gasteiger partial charge in [0.25, 0.3) is 5.91 Å². The molecule has 2 atom stereocenters. The lowest BCUT2D eigenvalue weighted by atomic mass is 9.86. The molecule has 2 heterocycles. The van der Waals surface area contributed by atoms with Gasteiger partial charge in [-0.2, -0.15) is 4.99 Å². The van der Waals surface area contributed by atoms with Gasteiger partial charge in [0, 0.05) is 31.6 Å². The number of sulfonamides is 1. The molecule has 0 aliphatic carbocycles. The maximum atomic E-state index is 13.5. The Morgan fingerprint density at radius 3 is 2.37 bits per heavy atom. The maximum absolute atomic E-state index is 13.5. The summed E-state index contributed by atoms with van der Waals surface area (Å²) in [5.41, 5.74) is 6.50. The Balaban J connectivity index is 1.52. The number of hydrogen-bond donors (Lipinski definition) is 3. The summed E-state index contributed by atoms with van der Waals surface area (Å²) in [7, 11) is -3.65. The summed E-state index contributed by atoms with van der Waals surface area (Å²) in [6.45, 7) is 8.13. The van der Waals surface area contributed by atoms with Gasteiger partial charge in [-0.25, -0.2) is 13.1 Å². The molecule has 0 spiro atoms. The van der Waals surface area contributed by atoms with Crippen molar-refractivity contribution in [3.05, 3.63) is 35.9 Å². The number of hydrogen-bond acceptors (Lipinski definition) is 5. The quantitative estimate of drug-likeness (QED) is 0.174. The first kappa shape index (κ1) is 34.5. The van der Waals surface area contributed by atoms with E-state index in [9.17, 15) is 22.8 Å². The molecule has 2 fully saturated rings. The van der Waals surface area contributed by atoms with Crippen molar-refractivity contribution in [1.29, 1.82) is 0 Å². The van der Waals surface area contributed by atoms with E-state index in [1.54, 1.807) is 0 Å². The standard InChI is InChI=1S/C31H50N6O5S/c1-5-6-10-17-31(2,3)29(40)34-30(32)36-19-15-24(16-20-36)22-33-27(38)26-14-11-18-37(26)28(39)25(35-43(4,41)42)21-23-12-8-7-9-13-23/h7-9,12-13,24-26,35H,5-6,10-11,14-22H2,1-4H3,(H,33,38)(H2,32,34,40)/t25-,26+/m1/s1. The first-order valence-electron chi connectivity index (χ1n) is 15.5. The van der Waals surface area contributed by atoms with Crippen LogP contribution in [-0.2, 0) is 30.8 Å². The Bertz CT molecular complexity index is 1230. The van der Waals surface area contributed by atoms with Gasteiger partial charge in [-0.15, -0.1) is 0 Å². The van der Waals surface area contributed by atoms with E-state index in [1.807, 2.05) is 49.1 Å². The van der Waals surface area contributed by atoms with Crippen molar-refractivity contribution >= 4 is 33.7 Å². The molecule has 3 amide bonds. The Morgan fingerprint density at radius 2 is 1.74 bits per heavy atom. The summed E-state index contributed by atoms with van der Waals surface area (Å²) in [5.74, 6) is -0.313. The summed E-state index contributed by atoms with van der Waals surface area (Å²) < 4.78 is 26.6. The van der Waals surface area contributed by atoms with Crippen LogP contribution in [0.5, 0.6) is 0 Å². The van der Waals surface area contributed by atoms with Gasteiger partial charge in [0.15, 0.2) is 5.96 Å². The second kappa shape index (κ2) is 15.7. The highest BCUT2D eigenvalue weighted by atomic mass is 32.2. The van der Waals surface area contributed by atoms with Crippen LogP contribution >= 0.6 is 0 Å². The number of aliphatic imine (C=N–C) groups is 1. The van der Waals surface area contributed by atoms with E-state index in [1.165, 1.54) is 4.90 Å². The summed E-state index contributed by atoms with van der Waals surface area (Å²) in [6.07, 6.45) is 7.96. The second-order valence-corrected chi connectivity index (χ2v) is 14.4. The van der Waals surface area contributed by atoms with Gasteiger partial charge >= 0.3 is 0 Å². The summed E-state index contributed by atoms with van der Waals surface area (Å²) in [6, 6.07) is 7.59. The first-order chi connectivity index (χ1) is 20.3. The molecule has 12 heteroatoms. The third-order valence-corrected chi connectivity index (χ3v) is 9.19. The van der Waals surface area contributed by atoms with Crippen molar-refractivity contribution in [3.8, 4) is 0 Å². The lowest BCUT2D eigenvalue weighted by Gasteiger charge is -2.33. The molecule has 0 saturated carbocycles. The molecule has 1 aromatic rings. The minimum absolute atomic E-state index is 0.191. The van der Waals surface area contributed by atoms with Gasteiger partial charge in [0.1, 0.15) is 12.1 Å². The molecule has 11 nitrogen and oxygen atoms in total. The number of likely N-dealkylation sites (tertiary alicyclic amines) is 2. The molecule has 0 unspecified atom stereocenters. The molecule has 2 saturated heterocycles. The SMILES string of the molecule is CCCCCC(C)(C)C(=O)/N=C(/N)N1CCC(CNC(=O)[C@@H]2CCCN2C(=O)[C@@H](Cc2ccccc2)NS(C)(=O)=O)CC1. The molecule has 43 heavy (non-hydrogen) atoms. The monoisotopic (exact) mass is 618 g/mol. The number of carbonyl (C=O) groups is 3. The molecule has 2 aliphatic rings. The Hall–Kier alpha value is -2.99. The van der Waals surface area contributed by atoms with Crippen LogP contribution in [0.1, 0.15) is 77.7 Å². The highest BCUT2D eigenvalue weighted by Gasteiger charge is 2.38. The van der Waals surface area contributed by atoms with Crippen molar-refractivity contribution in [3.63, 3.8) is 0 Å². The molecule has 2 aliphatic heterocycles. The fraction of sp³-hybridized carbons (Fsp3) is 0.677. The molecule has 0 bridgehead atoms. The minimum atomic E-state index is -3.65. The van der Waals surface area contributed by atoms with Crippen molar-refractivity contribution in [2.24, 2.45) is 22.1 Å². The molecule has 0 aromatic heterocycles. The van der Waals surface area contributed by atoms with Crippen LogP contribution in [0.4, 0.5) is 0 Å². The molecule has 4 N–H and O–H groups in total. The molecule has 1 aromatic carbocycles. The lowest BCUT2D eigenvalue weighted by molar-refractivity contribution is -0.139. The first-order valence-corrected chi connectivity index (χ1v) is 17.4. The number of rotatable bonds is 13. The van der Waals surface area contributed by atoms with Crippen LogP contribution in [0.25, 0.3) is 0 Å². The van der Waals surface area contributed by atoms with Crippen molar-refractivity contribution in [2.75, 3.05) is 32.4 Å². The average Bonchev–Trinajstić information content (AvgIpc) is 3.45. The fourth-order valence-corrected chi connectivity index (χ4v) is 6.47. The van der Waals surface area contributed by atoms with E-state index < -0.39 is 33.4 Å². The van der Waals surface area contributed by atoms with E-state index in [0.29, 0.717) is 39.0 Å². The van der Waals surface area contributed by atoms with Gasteiger partial charge in [-0.05, 0) is 50.0 Å². The van der Waals surface area contributed by atoms with Crippen LogP contribution in [-0.4, -0.2) is 86.4 Å². The van der Waals surface area contributed by atoms with E-state index >= 15 is 0 Å². The number of benzene rings is 1. The van der Waals surface area contributed by atoms with Gasteiger partial charge in [-0.1, -0.05) is 70.4 Å². The second-order valence-electron chi connectivity index (χ2n) is 12.6. The molecular weight excluding hydrogens is 568 g/mol. The van der Waals surface area contributed by atoms with Crippen LogP contribution in [0.3, 0.4) is 0 Å². The van der Waals surface area contributed by atoms with Crippen LogP contribution in [0.2, 0.25) is 0 Å². The number of carbonyl (C=O) groups excluding carboxylic acids is 3. The molecule has 3 rings (SSSR count). The predicted octanol–water partition coefficient (Wildman–Crippen LogP) is 2.41. The smallest absolute Gasteiger partial charge is 0.254 e. The van der Waals surface area contributed by atoms with Crippen molar-refractivity contribution in [2.45, 2.75) is 90.6 Å². The Labute approximate surface area is 257 Å². The average molecular weight is 619 g/mol. The Kier molecular flexibility index (Phi) is 12.6. The number of piperidine rings is 1. The van der Waals surface area contributed by atoms with Gasteiger partial charge in [0.05, 0.1) is 6.26 Å². The number of guanidine groups is 1. The number of nitrogens with two attached hydrogens (primary N) is 1. The lowest BCUT2D eigenvalue weighted by Crippen LogP contribution is -2.54. The van der Waals surface area contributed by atoms with Gasteiger partial charge in [0.2, 0.25) is 21.8 Å². The highest BCUT2D eigenvalue weighted by molar-refractivity contribution is 7.88. The molecular formula is C31H50N6O5S. The highest BCUT2D eigenvalue weighted by Crippen LogP contribution is 2.26. The summed E-state index contributed by atoms with van der Waals surface area (Å²) >= 11 is 0. The van der Waals surface area contributed by atoms with Crippen LogP contribution in [0.15, 0.2) is 35.3 Å². The molecule has 240 valence electrons. The van der Waals surface area contributed by atoms with Gasteiger partial charge in [-0.3, -0.25) is 14.4 Å². The van der Waals surface area contributed by atoms with E-state index in [4.69, 9.17) is 5.73 Å². The minimum Gasteiger partial charge on any atom is -0.369 e. The van der Waals surface area contributed by atoms with Crippen molar-refractivity contribution in [1.82, 2.24) is 19.8 Å². The zero-order chi connectivity index (χ0) is 31.6. The van der Waals surface area contributed by atoms with E-state index in [-0.39, 0.29) is 30.1 Å². The normalized spacial score (nSPS) is 19.3. The zero-order valence-electron chi connectivity index (χ0n) is 26.2. The third kappa shape index (κ3) is 10.6. The number of nitrogens with one attached hydrogen (secondary N) is 2. The van der Waals surface area contributed by atoms with Crippen LogP contribution < -0.4 is 15.8 Å². The third-order valence-electron chi connectivity index (χ3n) is 8.48. The maximum Gasteiger partial charge on any atom is 0.254 e. The molecule has 0 radical (unpaired) electrons. The summed E-state index contributed by atoms with van der Waals surface area (Å²) in [5, 5.41) is 3.03. The largest absolute Gasteiger partial charge is 0.369 e. The number of amides is 3. The topological polar surface area (TPSA) is 154 Å². The number of nitrogens with zero attached hydrogens (tertiary/aromatic N) is 3. The van der Waals surface area contributed by atoms with E-state index in [2.05, 4.69) is 22.0 Å². The summed E-state index contributed by atoms with van der Waals surface area (Å²) in [4.78, 5) is 47.2.